The SMILES string of the molecule is CCCNC(=O)CCn1ncc(Cl)c1C. The van der Waals surface area contributed by atoms with Gasteiger partial charge in [0.15, 0.2) is 0 Å². The maximum Gasteiger partial charge on any atom is 0.221 e. The third-order valence-electron chi connectivity index (χ3n) is 2.17. The van der Waals surface area contributed by atoms with Crippen LogP contribution in [0.2, 0.25) is 5.02 Å². The molecule has 0 aliphatic carbocycles. The first-order chi connectivity index (χ1) is 7.15. The Morgan fingerprint density at radius 1 is 1.67 bits per heavy atom. The monoisotopic (exact) mass is 229 g/mol. The van der Waals surface area contributed by atoms with Crippen molar-refractivity contribution >= 4 is 17.5 Å². The van der Waals surface area contributed by atoms with Crippen molar-refractivity contribution in [3.63, 3.8) is 0 Å². The van der Waals surface area contributed by atoms with Gasteiger partial charge in [0.1, 0.15) is 0 Å². The fraction of sp³-hybridized carbons (Fsp3) is 0.600. The number of aromatic nitrogens is 2. The van der Waals surface area contributed by atoms with Crippen molar-refractivity contribution in [1.29, 1.82) is 0 Å². The first kappa shape index (κ1) is 12.0. The Hall–Kier alpha value is -1.03. The summed E-state index contributed by atoms with van der Waals surface area (Å²) in [5.74, 6) is 0.0582. The van der Waals surface area contributed by atoms with Gasteiger partial charge in [-0.25, -0.2) is 0 Å². The number of rotatable bonds is 5. The van der Waals surface area contributed by atoms with Crippen LogP contribution in [0, 0.1) is 6.92 Å². The summed E-state index contributed by atoms with van der Waals surface area (Å²) in [5.41, 5.74) is 0.903. The molecule has 0 saturated carbocycles. The molecule has 0 unspecified atom stereocenters. The summed E-state index contributed by atoms with van der Waals surface area (Å²) in [7, 11) is 0. The van der Waals surface area contributed by atoms with Gasteiger partial charge in [0.05, 0.1) is 23.5 Å². The molecule has 1 amide bonds. The zero-order chi connectivity index (χ0) is 11.3. The van der Waals surface area contributed by atoms with Crippen molar-refractivity contribution in [2.24, 2.45) is 0 Å². The highest BCUT2D eigenvalue weighted by Crippen LogP contribution is 2.13. The van der Waals surface area contributed by atoms with Crippen LogP contribution < -0.4 is 5.32 Å². The molecule has 5 heteroatoms. The molecule has 0 aromatic carbocycles. The molecule has 1 N–H and O–H groups in total. The van der Waals surface area contributed by atoms with E-state index < -0.39 is 0 Å². The lowest BCUT2D eigenvalue weighted by molar-refractivity contribution is -0.121. The Labute approximate surface area is 94.6 Å². The average molecular weight is 230 g/mol. The van der Waals surface area contributed by atoms with E-state index >= 15 is 0 Å². The molecule has 1 aromatic heterocycles. The van der Waals surface area contributed by atoms with Crippen LogP contribution >= 0.6 is 11.6 Å². The zero-order valence-electron chi connectivity index (χ0n) is 9.09. The van der Waals surface area contributed by atoms with Crippen molar-refractivity contribution in [3.05, 3.63) is 16.9 Å². The number of aryl methyl sites for hydroxylation is 1. The third-order valence-corrected chi connectivity index (χ3v) is 2.54. The normalized spacial score (nSPS) is 10.3. The quantitative estimate of drug-likeness (QED) is 0.837. The molecule has 0 bridgehead atoms. The second-order valence-corrected chi connectivity index (χ2v) is 3.81. The summed E-state index contributed by atoms with van der Waals surface area (Å²) < 4.78 is 1.74. The van der Waals surface area contributed by atoms with E-state index in [2.05, 4.69) is 10.4 Å². The first-order valence-corrected chi connectivity index (χ1v) is 5.47. The number of halogens is 1. The molecule has 0 saturated heterocycles. The van der Waals surface area contributed by atoms with Crippen LogP contribution in [-0.2, 0) is 11.3 Å². The Morgan fingerprint density at radius 2 is 2.40 bits per heavy atom. The minimum Gasteiger partial charge on any atom is -0.356 e. The van der Waals surface area contributed by atoms with Gasteiger partial charge in [-0.05, 0) is 13.3 Å². The van der Waals surface area contributed by atoms with E-state index in [1.54, 1.807) is 10.9 Å². The predicted octanol–water partition coefficient (Wildman–Crippen LogP) is 1.76. The molecule has 0 atom stereocenters. The summed E-state index contributed by atoms with van der Waals surface area (Å²) in [6.07, 6.45) is 3.00. The smallest absolute Gasteiger partial charge is 0.221 e. The van der Waals surface area contributed by atoms with E-state index in [0.717, 1.165) is 18.7 Å². The van der Waals surface area contributed by atoms with Crippen LogP contribution in [0.15, 0.2) is 6.20 Å². The molecule has 1 rings (SSSR count). The van der Waals surface area contributed by atoms with Crippen molar-refractivity contribution in [1.82, 2.24) is 15.1 Å². The van der Waals surface area contributed by atoms with Gasteiger partial charge in [-0.3, -0.25) is 9.48 Å². The molecule has 4 nitrogen and oxygen atoms in total. The molecule has 0 spiro atoms. The molecule has 1 heterocycles. The molecule has 1 aromatic rings. The van der Waals surface area contributed by atoms with E-state index in [0.29, 0.717) is 18.0 Å². The van der Waals surface area contributed by atoms with E-state index in [4.69, 9.17) is 11.6 Å². The first-order valence-electron chi connectivity index (χ1n) is 5.09. The number of hydrogen-bond acceptors (Lipinski definition) is 2. The largest absolute Gasteiger partial charge is 0.356 e. The molecule has 15 heavy (non-hydrogen) atoms. The number of nitrogens with one attached hydrogen (secondary N) is 1. The summed E-state index contributed by atoms with van der Waals surface area (Å²) in [6.45, 7) is 5.22. The lowest BCUT2D eigenvalue weighted by Gasteiger charge is -2.05. The summed E-state index contributed by atoms with van der Waals surface area (Å²) in [6, 6.07) is 0. The standard InChI is InChI=1S/C10H16ClN3O/c1-3-5-12-10(15)4-6-14-8(2)9(11)7-13-14/h7H,3-6H2,1-2H3,(H,12,15). The zero-order valence-corrected chi connectivity index (χ0v) is 9.84. The fourth-order valence-corrected chi connectivity index (χ4v) is 1.35. The minimum absolute atomic E-state index is 0.0582. The van der Waals surface area contributed by atoms with Gasteiger partial charge in [-0.2, -0.15) is 5.10 Å². The van der Waals surface area contributed by atoms with Crippen molar-refractivity contribution in [2.45, 2.75) is 33.2 Å². The van der Waals surface area contributed by atoms with Gasteiger partial charge < -0.3 is 5.32 Å². The van der Waals surface area contributed by atoms with Crippen LogP contribution in [0.1, 0.15) is 25.5 Å². The van der Waals surface area contributed by atoms with Crippen LogP contribution in [0.25, 0.3) is 0 Å². The minimum atomic E-state index is 0.0582. The van der Waals surface area contributed by atoms with E-state index in [1.165, 1.54) is 0 Å². The maximum atomic E-state index is 11.3. The average Bonchev–Trinajstić information content (AvgIpc) is 2.54. The summed E-state index contributed by atoms with van der Waals surface area (Å²) in [5, 5.41) is 7.53. The Balaban J connectivity index is 2.37. The highest BCUT2D eigenvalue weighted by molar-refractivity contribution is 6.31. The van der Waals surface area contributed by atoms with Crippen LogP contribution in [0.4, 0.5) is 0 Å². The van der Waals surface area contributed by atoms with Gasteiger partial charge in [0.2, 0.25) is 5.91 Å². The summed E-state index contributed by atoms with van der Waals surface area (Å²) >= 11 is 5.84. The second-order valence-electron chi connectivity index (χ2n) is 3.40. The molecular formula is C10H16ClN3O. The van der Waals surface area contributed by atoms with E-state index in [1.807, 2.05) is 13.8 Å². The Morgan fingerprint density at radius 3 is 2.93 bits per heavy atom. The van der Waals surface area contributed by atoms with Gasteiger partial charge in [-0.1, -0.05) is 18.5 Å². The molecule has 0 fully saturated rings. The predicted molar refractivity (Wildman–Crippen MR) is 59.9 cm³/mol. The lowest BCUT2D eigenvalue weighted by Crippen LogP contribution is -2.25. The second kappa shape index (κ2) is 5.75. The van der Waals surface area contributed by atoms with Crippen LogP contribution in [-0.4, -0.2) is 22.2 Å². The van der Waals surface area contributed by atoms with Gasteiger partial charge in [0, 0.05) is 13.0 Å². The number of amides is 1. The Kier molecular flexibility index (Phi) is 4.62. The number of nitrogens with zero attached hydrogens (tertiary/aromatic N) is 2. The van der Waals surface area contributed by atoms with Crippen molar-refractivity contribution in [2.75, 3.05) is 6.54 Å². The number of carbonyl (C=O) groups excluding carboxylic acids is 1. The topological polar surface area (TPSA) is 46.9 Å². The van der Waals surface area contributed by atoms with Crippen LogP contribution in [0.5, 0.6) is 0 Å². The third kappa shape index (κ3) is 3.55. The molecule has 84 valence electrons. The van der Waals surface area contributed by atoms with E-state index in [9.17, 15) is 4.79 Å². The number of carbonyl (C=O) groups is 1. The van der Waals surface area contributed by atoms with Crippen molar-refractivity contribution < 1.29 is 4.79 Å². The molecule has 0 aliphatic heterocycles. The van der Waals surface area contributed by atoms with E-state index in [-0.39, 0.29) is 5.91 Å². The fourth-order valence-electron chi connectivity index (χ4n) is 1.21. The van der Waals surface area contributed by atoms with Gasteiger partial charge in [0.25, 0.3) is 0 Å². The Bertz CT molecular complexity index is 335. The summed E-state index contributed by atoms with van der Waals surface area (Å²) in [4.78, 5) is 11.3. The van der Waals surface area contributed by atoms with Crippen LogP contribution in [0.3, 0.4) is 0 Å². The molecule has 0 radical (unpaired) electrons. The van der Waals surface area contributed by atoms with Gasteiger partial charge in [-0.15, -0.1) is 0 Å². The molecule has 0 aliphatic rings. The molecular weight excluding hydrogens is 214 g/mol. The highest BCUT2D eigenvalue weighted by atomic mass is 35.5. The van der Waals surface area contributed by atoms with Crippen molar-refractivity contribution in [3.8, 4) is 0 Å². The highest BCUT2D eigenvalue weighted by Gasteiger charge is 2.05. The maximum absolute atomic E-state index is 11.3. The van der Waals surface area contributed by atoms with Gasteiger partial charge >= 0.3 is 0 Å². The number of hydrogen-bond donors (Lipinski definition) is 1. The lowest BCUT2D eigenvalue weighted by atomic mass is 10.3.